The molecule has 1 rings (SSSR count). The largest absolute Gasteiger partial charge is 0.320 e. The van der Waals surface area contributed by atoms with E-state index >= 15 is 0 Å². The molecule has 0 aliphatic rings. The maximum atomic E-state index is 11.9. The number of hydrogen-bond acceptors (Lipinski definition) is 5. The first-order valence-corrected chi connectivity index (χ1v) is 9.82. The van der Waals surface area contributed by atoms with Crippen LogP contribution in [0, 0.1) is 18.8 Å². The summed E-state index contributed by atoms with van der Waals surface area (Å²) in [7, 11) is -7.10. The minimum Gasteiger partial charge on any atom is -0.320 e. The molecule has 0 atom stereocenters. The lowest BCUT2D eigenvalue weighted by Crippen LogP contribution is -2.22. The summed E-state index contributed by atoms with van der Waals surface area (Å²) in [5.74, 6) is 4.52. The van der Waals surface area contributed by atoms with E-state index in [0.717, 1.165) is 11.8 Å². The van der Waals surface area contributed by atoms with Crippen LogP contribution in [0.5, 0.6) is 0 Å². The fourth-order valence-corrected chi connectivity index (χ4v) is 4.18. The predicted molar refractivity (Wildman–Crippen MR) is 84.2 cm³/mol. The van der Waals surface area contributed by atoms with E-state index in [-0.39, 0.29) is 6.54 Å². The zero-order chi connectivity index (χ0) is 16.1. The van der Waals surface area contributed by atoms with Gasteiger partial charge in [-0.3, -0.25) is 4.72 Å². The van der Waals surface area contributed by atoms with E-state index in [1.165, 1.54) is 0 Å². The van der Waals surface area contributed by atoms with Crippen molar-refractivity contribution in [2.24, 2.45) is 5.73 Å². The van der Waals surface area contributed by atoms with E-state index in [1.807, 2.05) is 6.92 Å². The molecule has 1 aromatic rings. The fraction of sp³-hybridized carbons (Fsp3) is 0.385. The summed E-state index contributed by atoms with van der Waals surface area (Å²) in [6.07, 6.45) is 0.993. The van der Waals surface area contributed by atoms with Crippen LogP contribution in [0.1, 0.15) is 11.1 Å². The van der Waals surface area contributed by atoms with Crippen molar-refractivity contribution >= 4 is 25.5 Å². The van der Waals surface area contributed by atoms with Gasteiger partial charge in [-0.25, -0.2) is 16.8 Å². The molecule has 0 radical (unpaired) electrons. The maximum Gasteiger partial charge on any atom is 0.233 e. The van der Waals surface area contributed by atoms with Crippen molar-refractivity contribution in [3.63, 3.8) is 0 Å². The van der Waals surface area contributed by atoms with E-state index in [0.29, 0.717) is 11.3 Å². The predicted octanol–water partition coefficient (Wildman–Crippen LogP) is 0.0915. The Hall–Kier alpha value is -1.56. The van der Waals surface area contributed by atoms with Crippen LogP contribution in [0.4, 0.5) is 5.69 Å². The molecule has 0 saturated carbocycles. The van der Waals surface area contributed by atoms with Crippen molar-refractivity contribution in [2.75, 3.05) is 29.0 Å². The fourth-order valence-electron chi connectivity index (χ4n) is 1.48. The first-order valence-electron chi connectivity index (χ1n) is 6.11. The lowest BCUT2D eigenvalue weighted by molar-refractivity contribution is 0.593. The van der Waals surface area contributed by atoms with Gasteiger partial charge in [0.2, 0.25) is 10.0 Å². The molecular weight excluding hydrogens is 312 g/mol. The van der Waals surface area contributed by atoms with Gasteiger partial charge in [0.25, 0.3) is 0 Å². The van der Waals surface area contributed by atoms with Gasteiger partial charge in [-0.2, -0.15) is 0 Å². The average molecular weight is 330 g/mol. The van der Waals surface area contributed by atoms with Crippen LogP contribution >= 0.6 is 0 Å². The highest BCUT2D eigenvalue weighted by Gasteiger charge is 2.15. The van der Waals surface area contributed by atoms with Gasteiger partial charge in [0.1, 0.15) is 9.84 Å². The molecule has 21 heavy (non-hydrogen) atoms. The number of rotatable bonds is 5. The molecule has 0 aliphatic heterocycles. The van der Waals surface area contributed by atoms with Crippen LogP contribution in [-0.2, 0) is 19.9 Å². The SMILES string of the molecule is Cc1ccc(NS(=O)(=O)CCS(C)(=O)=O)c(C#CCN)c1. The Balaban J connectivity index is 3.01. The smallest absolute Gasteiger partial charge is 0.233 e. The number of sulfonamides is 1. The van der Waals surface area contributed by atoms with Gasteiger partial charge in [0, 0.05) is 11.8 Å². The number of benzene rings is 1. The number of nitrogens with two attached hydrogens (primary N) is 1. The highest BCUT2D eigenvalue weighted by Crippen LogP contribution is 2.18. The molecular formula is C13H18N2O4S2. The van der Waals surface area contributed by atoms with Crippen LogP contribution in [0.15, 0.2) is 18.2 Å². The highest BCUT2D eigenvalue weighted by molar-refractivity contribution is 7.95. The Labute approximate surface area is 125 Å². The second-order valence-electron chi connectivity index (χ2n) is 4.61. The van der Waals surface area contributed by atoms with E-state index in [4.69, 9.17) is 5.73 Å². The van der Waals surface area contributed by atoms with Crippen LogP contribution in [-0.4, -0.2) is 41.1 Å². The Morgan fingerprint density at radius 1 is 1.19 bits per heavy atom. The van der Waals surface area contributed by atoms with Crippen molar-refractivity contribution in [3.05, 3.63) is 29.3 Å². The number of sulfone groups is 1. The number of anilines is 1. The molecule has 0 saturated heterocycles. The number of aryl methyl sites for hydroxylation is 1. The van der Waals surface area contributed by atoms with E-state index < -0.39 is 31.4 Å². The molecule has 0 amide bonds. The molecule has 8 heteroatoms. The standard InChI is InChI=1S/C13H18N2O4S2/c1-11-5-6-13(12(10-11)4-3-7-14)15-21(18,19)9-8-20(2,16)17/h5-6,10,15H,7-9,14H2,1-2H3. The van der Waals surface area contributed by atoms with Crippen LogP contribution in [0.2, 0.25) is 0 Å². The van der Waals surface area contributed by atoms with Crippen molar-refractivity contribution < 1.29 is 16.8 Å². The molecule has 6 nitrogen and oxygen atoms in total. The Morgan fingerprint density at radius 3 is 2.43 bits per heavy atom. The van der Waals surface area contributed by atoms with E-state index in [9.17, 15) is 16.8 Å². The highest BCUT2D eigenvalue weighted by atomic mass is 32.2. The molecule has 0 bridgehead atoms. The lowest BCUT2D eigenvalue weighted by atomic mass is 10.1. The van der Waals surface area contributed by atoms with Gasteiger partial charge in [0.05, 0.1) is 23.7 Å². The van der Waals surface area contributed by atoms with E-state index in [2.05, 4.69) is 16.6 Å². The van der Waals surface area contributed by atoms with Crippen LogP contribution in [0.3, 0.4) is 0 Å². The summed E-state index contributed by atoms with van der Waals surface area (Å²) in [5, 5.41) is 0. The quantitative estimate of drug-likeness (QED) is 0.744. The Bertz CT molecular complexity index is 772. The van der Waals surface area contributed by atoms with Gasteiger partial charge in [-0.05, 0) is 24.6 Å². The van der Waals surface area contributed by atoms with Gasteiger partial charge in [0.15, 0.2) is 0 Å². The minimum absolute atomic E-state index is 0.161. The van der Waals surface area contributed by atoms with Crippen molar-refractivity contribution in [1.29, 1.82) is 0 Å². The maximum absolute atomic E-state index is 11.9. The number of nitrogens with one attached hydrogen (secondary N) is 1. The normalized spacial score (nSPS) is 11.6. The third-order valence-electron chi connectivity index (χ3n) is 2.49. The van der Waals surface area contributed by atoms with Crippen molar-refractivity contribution in [2.45, 2.75) is 6.92 Å². The lowest BCUT2D eigenvalue weighted by Gasteiger charge is -2.10. The first kappa shape index (κ1) is 17.5. The molecule has 3 N–H and O–H groups in total. The van der Waals surface area contributed by atoms with Crippen LogP contribution < -0.4 is 10.5 Å². The second-order valence-corrected chi connectivity index (χ2v) is 8.71. The Kier molecular flexibility index (Phi) is 5.78. The zero-order valence-electron chi connectivity index (χ0n) is 11.9. The van der Waals surface area contributed by atoms with Crippen molar-refractivity contribution in [1.82, 2.24) is 0 Å². The van der Waals surface area contributed by atoms with Gasteiger partial charge in [-0.15, -0.1) is 0 Å². The summed E-state index contributed by atoms with van der Waals surface area (Å²) >= 11 is 0. The summed E-state index contributed by atoms with van der Waals surface area (Å²) < 4.78 is 48.3. The monoisotopic (exact) mass is 330 g/mol. The van der Waals surface area contributed by atoms with E-state index in [1.54, 1.807) is 18.2 Å². The van der Waals surface area contributed by atoms with Crippen molar-refractivity contribution in [3.8, 4) is 11.8 Å². The summed E-state index contributed by atoms with van der Waals surface area (Å²) in [6.45, 7) is 2.02. The zero-order valence-corrected chi connectivity index (χ0v) is 13.5. The Morgan fingerprint density at radius 2 is 1.86 bits per heavy atom. The molecule has 0 spiro atoms. The minimum atomic E-state index is -3.76. The molecule has 116 valence electrons. The molecule has 0 aliphatic carbocycles. The van der Waals surface area contributed by atoms with Gasteiger partial charge in [-0.1, -0.05) is 17.9 Å². The molecule has 0 fully saturated rings. The van der Waals surface area contributed by atoms with Crippen LogP contribution in [0.25, 0.3) is 0 Å². The third kappa shape index (κ3) is 6.62. The summed E-state index contributed by atoms with van der Waals surface area (Å²) in [4.78, 5) is 0. The molecule has 1 aromatic carbocycles. The second kappa shape index (κ2) is 6.93. The first-order chi connectivity index (χ1) is 9.63. The van der Waals surface area contributed by atoms with Gasteiger partial charge < -0.3 is 5.73 Å². The molecule has 0 aromatic heterocycles. The molecule has 0 unspecified atom stereocenters. The topological polar surface area (TPSA) is 106 Å². The third-order valence-corrected chi connectivity index (χ3v) is 4.97. The number of hydrogen-bond donors (Lipinski definition) is 2. The van der Waals surface area contributed by atoms with Gasteiger partial charge >= 0.3 is 0 Å². The molecule has 0 heterocycles. The average Bonchev–Trinajstić information content (AvgIpc) is 2.36. The summed E-state index contributed by atoms with van der Waals surface area (Å²) in [6, 6.07) is 5.06. The summed E-state index contributed by atoms with van der Waals surface area (Å²) in [5.41, 5.74) is 7.05.